The second-order valence-electron chi connectivity index (χ2n) is 1.10. The maximum atomic E-state index is 10.0. The number of carbonyl (C=O) groups excluding carboxylic acids is 1. The molecule has 7 heteroatoms. The van der Waals surface area contributed by atoms with Gasteiger partial charge in [-0.15, -0.1) is 5.10 Å². The molecule has 0 aliphatic carbocycles. The van der Waals surface area contributed by atoms with E-state index in [-0.39, 0.29) is 5.16 Å². The van der Waals surface area contributed by atoms with Crippen LogP contribution in [0, 0.1) is 0 Å². The number of amides is 1. The van der Waals surface area contributed by atoms with Gasteiger partial charge in [-0.3, -0.25) is 10.5 Å². The van der Waals surface area contributed by atoms with Gasteiger partial charge < -0.3 is 0 Å². The van der Waals surface area contributed by atoms with Crippen LogP contribution in [0.15, 0.2) is 5.16 Å². The lowest BCUT2D eigenvalue weighted by molar-refractivity contribution is 0.266. The first-order valence-corrected chi connectivity index (χ1v) is 2.78. The van der Waals surface area contributed by atoms with Crippen LogP contribution in [0.1, 0.15) is 0 Å². The van der Waals surface area contributed by atoms with Gasteiger partial charge in [0, 0.05) is 11.8 Å². The number of tetrazole rings is 1. The molecule has 9 heavy (non-hydrogen) atoms. The summed E-state index contributed by atoms with van der Waals surface area (Å²) in [6.45, 7) is 0. The van der Waals surface area contributed by atoms with Crippen molar-refractivity contribution in [1.82, 2.24) is 26.4 Å². The van der Waals surface area contributed by atoms with Crippen molar-refractivity contribution in [3.05, 3.63) is 0 Å². The monoisotopic (exact) mass is 144 g/mol. The smallest absolute Gasteiger partial charge is 0.260 e. The third-order valence-corrected chi connectivity index (χ3v) is 1.07. The highest BCUT2D eigenvalue weighted by Crippen LogP contribution is 2.08. The molecule has 0 aliphatic rings. The van der Waals surface area contributed by atoms with E-state index >= 15 is 0 Å². The first-order valence-electron chi connectivity index (χ1n) is 1.96. The molecule has 0 atom stereocenters. The van der Waals surface area contributed by atoms with Gasteiger partial charge in [-0.05, 0) is 10.4 Å². The summed E-state index contributed by atoms with van der Waals surface area (Å²) < 4.78 is 0. The molecule has 0 aromatic carbocycles. The average molecular weight is 144 g/mol. The van der Waals surface area contributed by atoms with Crippen molar-refractivity contribution in [2.75, 3.05) is 0 Å². The largest absolute Gasteiger partial charge is 0.305 e. The predicted octanol–water partition coefficient (Wildman–Crippen LogP) is -0.305. The molecule has 1 radical (unpaired) electrons. The third kappa shape index (κ3) is 1.68. The van der Waals surface area contributed by atoms with Crippen LogP contribution in [0.5, 0.6) is 0 Å². The number of hydrogen-bond acceptors (Lipinski definition) is 5. The maximum Gasteiger partial charge on any atom is 0.305 e. The number of thioether (sulfide) groups is 1. The van der Waals surface area contributed by atoms with Crippen LogP contribution >= 0.6 is 11.8 Å². The van der Waals surface area contributed by atoms with E-state index in [0.717, 1.165) is 0 Å². The van der Waals surface area contributed by atoms with Gasteiger partial charge in [0.25, 0.3) is 0 Å². The summed E-state index contributed by atoms with van der Waals surface area (Å²) in [4.78, 5) is 10.0. The fourth-order valence-electron chi connectivity index (χ4n) is 0.282. The van der Waals surface area contributed by atoms with Crippen molar-refractivity contribution in [1.29, 1.82) is 0 Å². The quantitative estimate of drug-likeness (QED) is 0.545. The maximum absolute atomic E-state index is 10.0. The Bertz CT molecular complexity index is 195. The Labute approximate surface area is 54.2 Å². The number of nitrogens with zero attached hydrogens (tertiary/aromatic N) is 3. The van der Waals surface area contributed by atoms with E-state index in [1.54, 1.807) is 0 Å². The molecular weight excluding hydrogens is 142 g/mol. The molecule has 2 N–H and O–H groups in total. The molecule has 1 heterocycles. The van der Waals surface area contributed by atoms with Gasteiger partial charge in [0.1, 0.15) is 0 Å². The van der Waals surface area contributed by atoms with Gasteiger partial charge in [0.15, 0.2) is 0 Å². The molecule has 1 amide bonds. The summed E-state index contributed by atoms with van der Waals surface area (Å²) >= 11 is 0.641. The van der Waals surface area contributed by atoms with E-state index in [1.807, 2.05) is 0 Å². The van der Waals surface area contributed by atoms with E-state index in [2.05, 4.69) is 20.6 Å². The van der Waals surface area contributed by atoms with E-state index in [9.17, 15) is 4.79 Å². The minimum atomic E-state index is -0.784. The lowest BCUT2D eigenvalue weighted by atomic mass is 11.4. The van der Waals surface area contributed by atoms with Crippen molar-refractivity contribution in [3.63, 3.8) is 0 Å². The molecule has 1 aromatic rings. The van der Waals surface area contributed by atoms with E-state index in [4.69, 9.17) is 5.73 Å². The number of H-pyrrole nitrogens is 1. The molecule has 0 bridgehead atoms. The second-order valence-corrected chi connectivity index (χ2v) is 2.06. The Balaban J connectivity index is 2.58. The lowest BCUT2D eigenvalue weighted by Crippen LogP contribution is -1.87. The number of hydrogen-bond donors (Lipinski definition) is 1. The van der Waals surface area contributed by atoms with Crippen LogP contribution in [0.2, 0.25) is 0 Å². The molecule has 1 rings (SSSR count). The SMILES string of the molecule is [NH]C(=O)Sc1nnn[nH]1. The first kappa shape index (κ1) is 6.02. The highest BCUT2D eigenvalue weighted by Gasteiger charge is 2.01. The molecule has 0 saturated carbocycles. The van der Waals surface area contributed by atoms with Crippen molar-refractivity contribution in [3.8, 4) is 0 Å². The van der Waals surface area contributed by atoms with Gasteiger partial charge in [-0.2, -0.15) is 0 Å². The molecule has 47 valence electrons. The van der Waals surface area contributed by atoms with Crippen molar-refractivity contribution < 1.29 is 4.79 Å². The molecule has 1 aromatic heterocycles. The summed E-state index contributed by atoms with van der Waals surface area (Å²) in [5.74, 6) is 0. The van der Waals surface area contributed by atoms with Gasteiger partial charge >= 0.3 is 5.24 Å². The minimum Gasteiger partial charge on any atom is -0.260 e. The Morgan fingerprint density at radius 2 is 2.56 bits per heavy atom. The predicted molar refractivity (Wildman–Crippen MR) is 28.5 cm³/mol. The van der Waals surface area contributed by atoms with E-state index < -0.39 is 5.24 Å². The molecule has 0 saturated heterocycles. The fraction of sp³-hybridized carbons (Fsp3) is 0. The average Bonchev–Trinajstić information content (AvgIpc) is 2.15. The van der Waals surface area contributed by atoms with Crippen LogP contribution in [0.4, 0.5) is 4.79 Å². The highest BCUT2D eigenvalue weighted by molar-refractivity contribution is 8.13. The Morgan fingerprint density at radius 3 is 3.00 bits per heavy atom. The zero-order valence-corrected chi connectivity index (χ0v) is 4.97. The lowest BCUT2D eigenvalue weighted by Gasteiger charge is -1.81. The normalized spacial score (nSPS) is 9.33. The first-order chi connectivity index (χ1) is 4.29. The molecule has 0 aliphatic heterocycles. The molecule has 6 nitrogen and oxygen atoms in total. The van der Waals surface area contributed by atoms with Gasteiger partial charge in [-0.1, -0.05) is 0 Å². The van der Waals surface area contributed by atoms with Gasteiger partial charge in [0.05, 0.1) is 0 Å². The second kappa shape index (κ2) is 2.44. The zero-order valence-electron chi connectivity index (χ0n) is 4.16. The number of carbonyl (C=O) groups is 1. The summed E-state index contributed by atoms with van der Waals surface area (Å²) in [6.07, 6.45) is 0. The fourth-order valence-corrected chi connectivity index (χ4v) is 0.621. The van der Waals surface area contributed by atoms with E-state index in [0.29, 0.717) is 11.8 Å². The van der Waals surface area contributed by atoms with Crippen LogP contribution in [-0.2, 0) is 0 Å². The van der Waals surface area contributed by atoms with Crippen LogP contribution in [-0.4, -0.2) is 25.9 Å². The third-order valence-electron chi connectivity index (χ3n) is 0.515. The zero-order chi connectivity index (χ0) is 6.69. The molecule has 0 fully saturated rings. The van der Waals surface area contributed by atoms with Gasteiger partial charge in [-0.25, -0.2) is 5.10 Å². The standard InChI is InChI=1S/C2H2N5OS/c3-1(8)9-2-4-6-7-5-2/h3H,(H,4,5,6,7). The Kier molecular flexibility index (Phi) is 1.63. The molecule has 0 unspecified atom stereocenters. The van der Waals surface area contributed by atoms with Crippen molar-refractivity contribution >= 4 is 17.0 Å². The molecular formula is C2H2N5OS. The van der Waals surface area contributed by atoms with E-state index in [1.165, 1.54) is 0 Å². The Morgan fingerprint density at radius 1 is 1.78 bits per heavy atom. The molecule has 0 spiro atoms. The van der Waals surface area contributed by atoms with Crippen LogP contribution in [0.25, 0.3) is 0 Å². The van der Waals surface area contributed by atoms with Crippen molar-refractivity contribution in [2.45, 2.75) is 5.16 Å². The van der Waals surface area contributed by atoms with Gasteiger partial charge in [0.2, 0.25) is 5.16 Å². The summed E-state index contributed by atoms with van der Waals surface area (Å²) in [7, 11) is 0. The number of rotatable bonds is 1. The van der Waals surface area contributed by atoms with Crippen molar-refractivity contribution in [2.24, 2.45) is 0 Å². The summed E-state index contributed by atoms with van der Waals surface area (Å²) in [5, 5.41) is 11.5. The number of nitrogens with one attached hydrogen (secondary N) is 2. The Hall–Kier alpha value is -1.11. The van der Waals surface area contributed by atoms with Crippen LogP contribution < -0.4 is 5.73 Å². The number of aromatic nitrogens is 4. The number of aromatic amines is 1. The summed E-state index contributed by atoms with van der Waals surface area (Å²) in [6, 6.07) is 0. The topological polar surface area (TPSA) is 95.3 Å². The minimum absolute atomic E-state index is 0.245. The highest BCUT2D eigenvalue weighted by atomic mass is 32.2. The summed E-state index contributed by atoms with van der Waals surface area (Å²) in [5.41, 5.74) is 6.46. The van der Waals surface area contributed by atoms with Crippen LogP contribution in [0.3, 0.4) is 0 Å².